The molecule has 0 aromatic rings. The minimum Gasteiger partial charge on any atom is -0.445 e. The zero-order valence-electron chi connectivity index (χ0n) is 13.5. The highest BCUT2D eigenvalue weighted by atomic mass is 28.4. The van der Waals surface area contributed by atoms with Gasteiger partial charge in [-0.05, 0) is 31.0 Å². The monoisotopic (exact) mass is 313 g/mol. The van der Waals surface area contributed by atoms with Crippen LogP contribution in [0, 0.1) is 0 Å². The molecule has 5 nitrogen and oxygen atoms in total. The van der Waals surface area contributed by atoms with E-state index in [1.807, 2.05) is 13.1 Å². The molecule has 0 spiro atoms. The van der Waals surface area contributed by atoms with Crippen molar-refractivity contribution in [3.05, 3.63) is 12.7 Å². The van der Waals surface area contributed by atoms with Crippen LogP contribution in [0.2, 0.25) is 18.1 Å². The summed E-state index contributed by atoms with van der Waals surface area (Å²) in [6.07, 6.45) is 2.93. The Morgan fingerprint density at radius 3 is 2.71 bits per heavy atom. The summed E-state index contributed by atoms with van der Waals surface area (Å²) in [7, 11) is -2.28. The van der Waals surface area contributed by atoms with E-state index in [4.69, 9.17) is 4.74 Å². The van der Waals surface area contributed by atoms with Gasteiger partial charge in [0.25, 0.3) is 0 Å². The minimum absolute atomic E-state index is 0.0638. The van der Waals surface area contributed by atoms with E-state index in [0.717, 1.165) is 6.42 Å². The number of Topliss-reactive ketones (excluding diaryl/α,β-unsaturated/α-hetero) is 1. The molecule has 0 bridgehead atoms. The number of rotatable bonds is 6. The number of hydrogen-bond donors (Lipinski definition) is 1. The van der Waals surface area contributed by atoms with E-state index < -0.39 is 14.4 Å². The SMILES string of the molecule is C=CCOC(=O)N1CC(=O)C[C@H]1CCC(C)(C)[Si](C)(C)O. The summed E-state index contributed by atoms with van der Waals surface area (Å²) in [4.78, 5) is 35.4. The molecule has 0 aliphatic carbocycles. The lowest BCUT2D eigenvalue weighted by Crippen LogP contribution is -2.41. The molecule has 120 valence electrons. The standard InChI is InChI=1S/C15H27NO4Si/c1-6-9-20-14(18)16-11-13(17)10-12(16)7-8-15(2,3)21(4,5)19/h6,12,19H,1,7-11H2,2-5H3/t12-/m1/s1. The fourth-order valence-corrected chi connectivity index (χ4v) is 3.03. The highest BCUT2D eigenvalue weighted by Crippen LogP contribution is 2.41. The van der Waals surface area contributed by atoms with Gasteiger partial charge >= 0.3 is 6.09 Å². The molecule has 0 aromatic heterocycles. The fraction of sp³-hybridized carbons (Fsp3) is 0.733. The van der Waals surface area contributed by atoms with Crippen LogP contribution in [0.15, 0.2) is 12.7 Å². The van der Waals surface area contributed by atoms with Crippen molar-refractivity contribution < 1.29 is 19.1 Å². The van der Waals surface area contributed by atoms with Crippen molar-refractivity contribution in [1.82, 2.24) is 4.90 Å². The van der Waals surface area contributed by atoms with Crippen molar-refractivity contribution >= 4 is 20.2 Å². The topological polar surface area (TPSA) is 66.8 Å². The van der Waals surface area contributed by atoms with Gasteiger partial charge in [-0.25, -0.2) is 4.79 Å². The number of carbonyl (C=O) groups is 2. The summed E-state index contributed by atoms with van der Waals surface area (Å²) < 4.78 is 5.03. The zero-order valence-corrected chi connectivity index (χ0v) is 14.5. The number of nitrogens with zero attached hydrogens (tertiary/aromatic N) is 1. The van der Waals surface area contributed by atoms with Crippen LogP contribution in [-0.2, 0) is 9.53 Å². The van der Waals surface area contributed by atoms with E-state index in [-0.39, 0.29) is 30.0 Å². The normalized spacial score (nSPS) is 19.8. The lowest BCUT2D eigenvalue weighted by atomic mass is 10.0. The molecule has 1 fully saturated rings. The van der Waals surface area contributed by atoms with Gasteiger partial charge in [-0.1, -0.05) is 26.5 Å². The molecule has 1 amide bonds. The molecule has 1 aliphatic heterocycles. The Hall–Kier alpha value is -1.14. The van der Waals surface area contributed by atoms with E-state index in [2.05, 4.69) is 20.4 Å². The summed E-state index contributed by atoms with van der Waals surface area (Å²) in [5, 5.41) is -0.157. The molecule has 1 heterocycles. The maximum atomic E-state index is 11.9. The van der Waals surface area contributed by atoms with Crippen molar-refractivity contribution in [2.45, 2.75) is 57.3 Å². The average Bonchev–Trinajstić information content (AvgIpc) is 2.73. The van der Waals surface area contributed by atoms with Crippen molar-refractivity contribution in [3.63, 3.8) is 0 Å². The van der Waals surface area contributed by atoms with Crippen LogP contribution in [-0.4, -0.2) is 49.1 Å². The molecule has 6 heteroatoms. The lowest BCUT2D eigenvalue weighted by Gasteiger charge is -2.36. The molecule has 0 aromatic carbocycles. The fourth-order valence-electron chi connectivity index (χ4n) is 2.27. The second-order valence-corrected chi connectivity index (χ2v) is 11.3. The van der Waals surface area contributed by atoms with Gasteiger partial charge in [-0.3, -0.25) is 9.69 Å². The molecular weight excluding hydrogens is 286 g/mol. The van der Waals surface area contributed by atoms with Gasteiger partial charge in [0, 0.05) is 12.5 Å². The van der Waals surface area contributed by atoms with Crippen LogP contribution in [0.25, 0.3) is 0 Å². The highest BCUT2D eigenvalue weighted by Gasteiger charge is 2.41. The van der Waals surface area contributed by atoms with E-state index in [1.54, 1.807) is 0 Å². The van der Waals surface area contributed by atoms with Crippen molar-refractivity contribution in [2.75, 3.05) is 13.2 Å². The zero-order chi connectivity index (χ0) is 16.3. The third-order valence-electron chi connectivity index (χ3n) is 4.57. The number of hydrogen-bond acceptors (Lipinski definition) is 4. The Balaban J connectivity index is 2.65. The lowest BCUT2D eigenvalue weighted by molar-refractivity contribution is -0.116. The van der Waals surface area contributed by atoms with E-state index in [1.165, 1.54) is 11.0 Å². The van der Waals surface area contributed by atoms with Gasteiger partial charge in [0.2, 0.25) is 0 Å². The molecule has 1 atom stereocenters. The molecule has 1 N–H and O–H groups in total. The van der Waals surface area contributed by atoms with E-state index in [0.29, 0.717) is 12.8 Å². The second kappa shape index (κ2) is 6.75. The minimum atomic E-state index is -2.28. The maximum absolute atomic E-state index is 11.9. The van der Waals surface area contributed by atoms with Crippen molar-refractivity contribution in [1.29, 1.82) is 0 Å². The number of likely N-dealkylation sites (tertiary alicyclic amines) is 1. The summed E-state index contributed by atoms with van der Waals surface area (Å²) in [6, 6.07) is -0.120. The third-order valence-corrected chi connectivity index (χ3v) is 8.13. The van der Waals surface area contributed by atoms with E-state index in [9.17, 15) is 14.4 Å². The Labute approximate surface area is 128 Å². The first kappa shape index (κ1) is 17.9. The number of carbonyl (C=O) groups excluding carboxylic acids is 2. The maximum Gasteiger partial charge on any atom is 0.410 e. The molecule has 21 heavy (non-hydrogen) atoms. The predicted molar refractivity (Wildman–Crippen MR) is 84.6 cm³/mol. The van der Waals surface area contributed by atoms with Gasteiger partial charge < -0.3 is 9.53 Å². The van der Waals surface area contributed by atoms with Crippen LogP contribution in [0.5, 0.6) is 0 Å². The average molecular weight is 313 g/mol. The first-order valence-corrected chi connectivity index (χ1v) is 10.3. The summed E-state index contributed by atoms with van der Waals surface area (Å²) in [5.74, 6) is 0.0638. The second-order valence-electron chi connectivity index (χ2n) is 6.87. The van der Waals surface area contributed by atoms with Crippen molar-refractivity contribution in [2.24, 2.45) is 0 Å². The molecule has 0 saturated carbocycles. The molecule has 1 rings (SSSR count). The smallest absolute Gasteiger partial charge is 0.410 e. The molecule has 0 unspecified atom stereocenters. The van der Waals surface area contributed by atoms with Crippen LogP contribution < -0.4 is 0 Å². The van der Waals surface area contributed by atoms with Crippen molar-refractivity contribution in [3.8, 4) is 0 Å². The van der Waals surface area contributed by atoms with Gasteiger partial charge in [-0.15, -0.1) is 0 Å². The Kier molecular flexibility index (Phi) is 5.75. The van der Waals surface area contributed by atoms with Crippen LogP contribution in [0.1, 0.15) is 33.1 Å². The number of ketones is 1. The highest BCUT2D eigenvalue weighted by molar-refractivity contribution is 6.72. The quantitative estimate of drug-likeness (QED) is 0.605. The number of ether oxygens (including phenoxy) is 1. The summed E-state index contributed by atoms with van der Waals surface area (Å²) in [6.45, 7) is 11.7. The van der Waals surface area contributed by atoms with Crippen LogP contribution in [0.3, 0.4) is 0 Å². The van der Waals surface area contributed by atoms with E-state index >= 15 is 0 Å². The molecule has 0 radical (unpaired) electrons. The Morgan fingerprint density at radius 2 is 2.19 bits per heavy atom. The third kappa shape index (κ3) is 4.67. The molecule has 1 aliphatic rings. The van der Waals surface area contributed by atoms with Crippen LogP contribution in [0.4, 0.5) is 4.79 Å². The van der Waals surface area contributed by atoms with Gasteiger partial charge in [0.15, 0.2) is 14.1 Å². The van der Waals surface area contributed by atoms with Crippen LogP contribution >= 0.6 is 0 Å². The summed E-state index contributed by atoms with van der Waals surface area (Å²) >= 11 is 0. The first-order chi connectivity index (χ1) is 9.58. The van der Waals surface area contributed by atoms with Gasteiger partial charge in [0.05, 0.1) is 6.54 Å². The largest absolute Gasteiger partial charge is 0.445 e. The number of amides is 1. The van der Waals surface area contributed by atoms with Gasteiger partial charge in [-0.2, -0.15) is 0 Å². The Morgan fingerprint density at radius 1 is 1.57 bits per heavy atom. The van der Waals surface area contributed by atoms with Gasteiger partial charge in [0.1, 0.15) is 6.61 Å². The predicted octanol–water partition coefficient (Wildman–Crippen LogP) is 2.71. The molecule has 1 saturated heterocycles. The molecular formula is C15H27NO4Si. The first-order valence-electron chi connectivity index (χ1n) is 7.37. The summed E-state index contributed by atoms with van der Waals surface area (Å²) in [5.41, 5.74) is 0. The Bertz CT molecular complexity index is 414.